The predicted molar refractivity (Wildman–Crippen MR) is 105 cm³/mol. The highest BCUT2D eigenvalue weighted by Crippen LogP contribution is 2.29. The summed E-state index contributed by atoms with van der Waals surface area (Å²) in [5.74, 6) is 1.07. The molecule has 0 aliphatic carbocycles. The van der Waals surface area contributed by atoms with Crippen LogP contribution >= 0.6 is 0 Å². The molecule has 0 spiro atoms. The Hall–Kier alpha value is -3.47. The molecule has 0 bridgehead atoms. The number of pyridine rings is 1. The zero-order valence-corrected chi connectivity index (χ0v) is 15.2. The largest absolute Gasteiger partial charge is 0.506 e. The summed E-state index contributed by atoms with van der Waals surface area (Å²) in [5.41, 5.74) is 1.45. The Balaban J connectivity index is 1.73. The van der Waals surface area contributed by atoms with Crippen LogP contribution in [0.2, 0.25) is 0 Å². The van der Waals surface area contributed by atoms with E-state index in [1.54, 1.807) is 31.4 Å². The molecule has 144 valence electrons. The summed E-state index contributed by atoms with van der Waals surface area (Å²) < 4.78 is 10.3. The normalized spacial score (nSPS) is 11.8. The molecule has 0 radical (unpaired) electrons. The van der Waals surface area contributed by atoms with Crippen LogP contribution in [-0.2, 0) is 6.54 Å². The van der Waals surface area contributed by atoms with Gasteiger partial charge in [0, 0.05) is 36.2 Å². The van der Waals surface area contributed by atoms with E-state index in [2.05, 4.69) is 16.4 Å². The molecule has 3 rings (SSSR count). The average molecular weight is 380 g/mol. The number of hydrogen-bond donors (Lipinski definition) is 4. The van der Waals surface area contributed by atoms with E-state index in [0.29, 0.717) is 34.5 Å². The number of phenols is 1. The summed E-state index contributed by atoms with van der Waals surface area (Å²) in [6.45, 7) is 0.703. The van der Waals surface area contributed by atoms with Crippen molar-refractivity contribution in [3.05, 3.63) is 63.9 Å². The van der Waals surface area contributed by atoms with Crippen LogP contribution in [0.4, 0.5) is 0 Å². The Morgan fingerprint density at radius 1 is 1.25 bits per heavy atom. The fraction of sp³-hybridized carbons (Fsp3) is 0.190. The van der Waals surface area contributed by atoms with Crippen molar-refractivity contribution in [2.45, 2.75) is 12.6 Å². The first kappa shape index (κ1) is 19.3. The summed E-state index contributed by atoms with van der Waals surface area (Å²) in [6, 6.07) is 11.3. The number of H-pyrrole nitrogens is 1. The van der Waals surface area contributed by atoms with Crippen LogP contribution in [0.5, 0.6) is 17.2 Å². The first-order valence-electron chi connectivity index (χ1n) is 8.56. The molecular weight excluding hydrogens is 360 g/mol. The van der Waals surface area contributed by atoms with E-state index in [-0.39, 0.29) is 17.9 Å². The van der Waals surface area contributed by atoms with Gasteiger partial charge >= 0.3 is 0 Å². The molecule has 0 aliphatic heterocycles. The van der Waals surface area contributed by atoms with Crippen LogP contribution < -0.4 is 20.3 Å². The number of nitrogens with one attached hydrogen (secondary N) is 2. The maximum atomic E-state index is 11.5. The minimum absolute atomic E-state index is 0.0457. The van der Waals surface area contributed by atoms with E-state index in [4.69, 9.17) is 15.9 Å². The number of methoxy groups -OCH3 is 1. The summed E-state index contributed by atoms with van der Waals surface area (Å²) in [5, 5.41) is 24.3. The van der Waals surface area contributed by atoms with Crippen LogP contribution in [0.15, 0.2) is 47.3 Å². The SMILES string of the molecule is C#COc1ccc(CNC[C@H](O)c2ccc(O)c3[nH]c(=O)ccc23)c(OC)c1. The molecule has 4 N–H and O–H groups in total. The summed E-state index contributed by atoms with van der Waals surface area (Å²) >= 11 is 0. The average Bonchev–Trinajstić information content (AvgIpc) is 2.69. The second-order valence-corrected chi connectivity index (χ2v) is 6.13. The third-order valence-corrected chi connectivity index (χ3v) is 4.35. The van der Waals surface area contributed by atoms with Crippen LogP contribution in [0.1, 0.15) is 17.2 Å². The van der Waals surface area contributed by atoms with Crippen molar-refractivity contribution in [2.75, 3.05) is 13.7 Å². The zero-order chi connectivity index (χ0) is 20.1. The van der Waals surface area contributed by atoms with Crippen LogP contribution in [0.25, 0.3) is 10.9 Å². The molecule has 1 aromatic heterocycles. The molecule has 0 fully saturated rings. The van der Waals surface area contributed by atoms with Gasteiger partial charge < -0.3 is 30.0 Å². The van der Waals surface area contributed by atoms with Crippen molar-refractivity contribution in [1.29, 1.82) is 0 Å². The standard InChI is InChI=1S/C21H20N2O5/c1-3-28-14-5-4-13(19(10-14)27-2)11-22-12-18(25)15-6-8-17(24)21-16(15)7-9-20(26)23-21/h1,4-10,18,22,24-25H,11-12H2,2H3,(H,23,26)/t18-/m0/s1. The van der Waals surface area contributed by atoms with Gasteiger partial charge in [-0.05, 0) is 23.8 Å². The molecule has 7 heteroatoms. The quantitative estimate of drug-likeness (QED) is 0.468. The number of phenolic OH excluding ortho intramolecular Hbond substituents is 1. The van der Waals surface area contributed by atoms with Gasteiger partial charge in [0.2, 0.25) is 5.56 Å². The topological polar surface area (TPSA) is 104 Å². The summed E-state index contributed by atoms with van der Waals surface area (Å²) in [4.78, 5) is 14.1. The van der Waals surface area contributed by atoms with Gasteiger partial charge in [-0.3, -0.25) is 4.79 Å². The van der Waals surface area contributed by atoms with Gasteiger partial charge in [0.05, 0.1) is 18.7 Å². The van der Waals surface area contributed by atoms with E-state index in [0.717, 1.165) is 5.56 Å². The molecule has 0 saturated heterocycles. The van der Waals surface area contributed by atoms with Crippen LogP contribution in [-0.4, -0.2) is 28.9 Å². The smallest absolute Gasteiger partial charge is 0.248 e. The Bertz CT molecular complexity index is 1080. The number of fused-ring (bicyclic) bond motifs is 1. The number of rotatable bonds is 7. The number of aliphatic hydroxyl groups excluding tert-OH is 1. The van der Waals surface area contributed by atoms with Crippen molar-refractivity contribution < 1.29 is 19.7 Å². The molecule has 3 aromatic rings. The van der Waals surface area contributed by atoms with Gasteiger partial charge in [-0.15, -0.1) is 0 Å². The molecule has 1 atom stereocenters. The highest BCUT2D eigenvalue weighted by Gasteiger charge is 2.14. The number of aromatic nitrogens is 1. The number of ether oxygens (including phenoxy) is 2. The maximum absolute atomic E-state index is 11.5. The number of aromatic amines is 1. The lowest BCUT2D eigenvalue weighted by Crippen LogP contribution is -2.21. The minimum atomic E-state index is -0.843. The fourth-order valence-corrected chi connectivity index (χ4v) is 3.01. The fourth-order valence-electron chi connectivity index (χ4n) is 3.01. The summed E-state index contributed by atoms with van der Waals surface area (Å²) in [6.07, 6.45) is 6.39. The van der Waals surface area contributed by atoms with Gasteiger partial charge in [0.1, 0.15) is 23.4 Å². The van der Waals surface area contributed by atoms with Gasteiger partial charge in [-0.2, -0.15) is 0 Å². The van der Waals surface area contributed by atoms with Crippen LogP contribution in [0.3, 0.4) is 0 Å². The first-order chi connectivity index (χ1) is 13.5. The third-order valence-electron chi connectivity index (χ3n) is 4.35. The molecule has 7 nitrogen and oxygen atoms in total. The second kappa shape index (κ2) is 8.48. The minimum Gasteiger partial charge on any atom is -0.506 e. The van der Waals surface area contributed by atoms with Crippen LogP contribution in [0, 0.1) is 12.5 Å². The Morgan fingerprint density at radius 2 is 2.07 bits per heavy atom. The zero-order valence-electron chi connectivity index (χ0n) is 15.2. The van der Waals surface area contributed by atoms with E-state index in [1.807, 2.05) is 6.07 Å². The van der Waals surface area contributed by atoms with E-state index in [1.165, 1.54) is 12.1 Å². The number of terminal acetylenes is 1. The monoisotopic (exact) mass is 380 g/mol. The molecule has 0 amide bonds. The predicted octanol–water partition coefficient (Wildman–Crippen LogP) is 2.03. The van der Waals surface area contributed by atoms with Gasteiger partial charge in [0.15, 0.2) is 0 Å². The molecular formula is C21H20N2O5. The number of hydrogen-bond acceptors (Lipinski definition) is 6. The molecule has 28 heavy (non-hydrogen) atoms. The van der Waals surface area contributed by atoms with Gasteiger partial charge in [-0.25, -0.2) is 0 Å². The number of benzene rings is 2. The second-order valence-electron chi connectivity index (χ2n) is 6.13. The van der Waals surface area contributed by atoms with Crippen molar-refractivity contribution in [3.63, 3.8) is 0 Å². The Morgan fingerprint density at radius 3 is 2.82 bits per heavy atom. The lowest BCUT2D eigenvalue weighted by atomic mass is 10.0. The lowest BCUT2D eigenvalue weighted by molar-refractivity contribution is 0.175. The first-order valence-corrected chi connectivity index (χ1v) is 8.56. The highest BCUT2D eigenvalue weighted by atomic mass is 16.5. The van der Waals surface area contributed by atoms with E-state index < -0.39 is 6.10 Å². The molecule has 0 unspecified atom stereocenters. The number of aliphatic hydroxyl groups is 1. The molecule has 0 aliphatic rings. The van der Waals surface area contributed by atoms with E-state index >= 15 is 0 Å². The van der Waals surface area contributed by atoms with Crippen molar-refractivity contribution in [1.82, 2.24) is 10.3 Å². The molecule has 1 heterocycles. The lowest BCUT2D eigenvalue weighted by Gasteiger charge is -2.16. The number of aromatic hydroxyl groups is 1. The summed E-state index contributed by atoms with van der Waals surface area (Å²) in [7, 11) is 1.55. The maximum Gasteiger partial charge on any atom is 0.248 e. The Kier molecular flexibility index (Phi) is 5.84. The van der Waals surface area contributed by atoms with Crippen molar-refractivity contribution in [2.24, 2.45) is 0 Å². The molecule has 0 saturated carbocycles. The third kappa shape index (κ3) is 4.09. The van der Waals surface area contributed by atoms with Crippen molar-refractivity contribution in [3.8, 4) is 29.8 Å². The van der Waals surface area contributed by atoms with Gasteiger partial charge in [0.25, 0.3) is 0 Å². The highest BCUT2D eigenvalue weighted by molar-refractivity contribution is 5.87. The van der Waals surface area contributed by atoms with Gasteiger partial charge in [-0.1, -0.05) is 18.6 Å². The Labute approximate surface area is 161 Å². The molecule has 2 aromatic carbocycles. The van der Waals surface area contributed by atoms with E-state index in [9.17, 15) is 15.0 Å². The van der Waals surface area contributed by atoms with Crippen molar-refractivity contribution >= 4 is 10.9 Å².